The highest BCUT2D eigenvalue weighted by Crippen LogP contribution is 2.16. The molecule has 1 amide bonds. The summed E-state index contributed by atoms with van der Waals surface area (Å²) < 4.78 is 5.94. The fourth-order valence-electron chi connectivity index (χ4n) is 1.78. The number of amides is 1. The molecule has 0 aliphatic rings. The third-order valence-electron chi connectivity index (χ3n) is 3.08. The number of carbonyl (C=O) groups is 2. The van der Waals surface area contributed by atoms with Crippen LogP contribution in [0.4, 0.5) is 11.4 Å². The van der Waals surface area contributed by atoms with Crippen molar-refractivity contribution in [1.29, 1.82) is 0 Å². The summed E-state index contributed by atoms with van der Waals surface area (Å²) in [5.41, 5.74) is 0.568. The van der Waals surface area contributed by atoms with Crippen molar-refractivity contribution in [3.05, 3.63) is 68.7 Å². The van der Waals surface area contributed by atoms with Gasteiger partial charge >= 0.3 is 5.97 Å². The molecule has 0 unspecified atom stereocenters. The number of nitro benzene ring substituents is 1. The van der Waals surface area contributed by atoms with E-state index in [1.54, 1.807) is 24.3 Å². The fraction of sp³-hybridized carbons (Fsp3) is 0.125. The van der Waals surface area contributed by atoms with Gasteiger partial charge in [0.1, 0.15) is 0 Å². The second-order valence-electron chi connectivity index (χ2n) is 4.85. The lowest BCUT2D eigenvalue weighted by Gasteiger charge is -2.13. The number of non-ortho nitro benzene ring substituents is 1. The van der Waals surface area contributed by atoms with E-state index in [9.17, 15) is 19.7 Å². The van der Waals surface area contributed by atoms with Crippen molar-refractivity contribution in [2.75, 3.05) is 5.32 Å². The van der Waals surface area contributed by atoms with Crippen LogP contribution in [0.25, 0.3) is 0 Å². The Labute approximate surface area is 145 Å². The molecule has 0 bridgehead atoms. The maximum Gasteiger partial charge on any atom is 0.338 e. The van der Waals surface area contributed by atoms with E-state index in [-0.39, 0.29) is 11.3 Å². The number of hydrogen-bond donors (Lipinski definition) is 1. The van der Waals surface area contributed by atoms with E-state index in [4.69, 9.17) is 4.74 Å². The Morgan fingerprint density at radius 1 is 1.12 bits per heavy atom. The largest absolute Gasteiger partial charge is 0.449 e. The summed E-state index contributed by atoms with van der Waals surface area (Å²) in [6.07, 6.45) is -1.02. The molecule has 7 nitrogen and oxygen atoms in total. The van der Waals surface area contributed by atoms with E-state index < -0.39 is 22.9 Å². The molecule has 0 fully saturated rings. The normalized spacial score (nSPS) is 11.4. The molecule has 0 aliphatic carbocycles. The van der Waals surface area contributed by atoms with Crippen LogP contribution in [0.3, 0.4) is 0 Å². The van der Waals surface area contributed by atoms with Gasteiger partial charge in [0, 0.05) is 22.3 Å². The van der Waals surface area contributed by atoms with Gasteiger partial charge in [0.25, 0.3) is 11.6 Å². The van der Waals surface area contributed by atoms with Gasteiger partial charge in [0.15, 0.2) is 6.10 Å². The van der Waals surface area contributed by atoms with Crippen LogP contribution in [0.2, 0.25) is 0 Å². The lowest BCUT2D eigenvalue weighted by atomic mass is 10.2. The first-order chi connectivity index (χ1) is 11.4. The Morgan fingerprint density at radius 3 is 2.25 bits per heavy atom. The van der Waals surface area contributed by atoms with Crippen LogP contribution in [0.15, 0.2) is 53.0 Å². The van der Waals surface area contributed by atoms with Crippen LogP contribution >= 0.6 is 15.9 Å². The number of ether oxygens (including phenoxy) is 1. The summed E-state index contributed by atoms with van der Waals surface area (Å²) in [6, 6.07) is 11.9. The standard InChI is InChI=1S/C16H13BrN2O5/c1-10(15(20)18-13-6-4-12(17)5-7-13)24-16(21)11-2-8-14(9-3-11)19(22)23/h2-10H,1H3,(H,18,20)/t10-/m0/s1. The van der Waals surface area contributed by atoms with Gasteiger partial charge in [-0.3, -0.25) is 14.9 Å². The van der Waals surface area contributed by atoms with Crippen molar-refractivity contribution in [3.63, 3.8) is 0 Å². The molecule has 0 saturated heterocycles. The number of halogens is 1. The number of esters is 1. The van der Waals surface area contributed by atoms with Crippen molar-refractivity contribution in [2.45, 2.75) is 13.0 Å². The molecule has 0 aliphatic heterocycles. The summed E-state index contributed by atoms with van der Waals surface area (Å²) in [5.74, 6) is -1.21. The molecule has 1 N–H and O–H groups in total. The van der Waals surface area contributed by atoms with Crippen molar-refractivity contribution in [2.24, 2.45) is 0 Å². The number of carbonyl (C=O) groups excluding carboxylic acids is 2. The predicted octanol–water partition coefficient (Wildman–Crippen LogP) is 3.54. The first kappa shape index (κ1) is 17.6. The minimum Gasteiger partial charge on any atom is -0.449 e. The van der Waals surface area contributed by atoms with E-state index >= 15 is 0 Å². The predicted molar refractivity (Wildman–Crippen MR) is 90.7 cm³/mol. The number of nitrogens with zero attached hydrogens (tertiary/aromatic N) is 1. The SMILES string of the molecule is C[C@H](OC(=O)c1ccc([N+](=O)[O-])cc1)C(=O)Nc1ccc(Br)cc1. The average molecular weight is 393 g/mol. The molecule has 1 atom stereocenters. The van der Waals surface area contributed by atoms with Crippen LogP contribution in [-0.4, -0.2) is 22.9 Å². The fourth-order valence-corrected chi connectivity index (χ4v) is 2.04. The number of nitro groups is 1. The summed E-state index contributed by atoms with van der Waals surface area (Å²) in [6.45, 7) is 1.44. The molecule has 0 saturated carbocycles. The highest BCUT2D eigenvalue weighted by atomic mass is 79.9. The number of rotatable bonds is 5. The summed E-state index contributed by atoms with van der Waals surface area (Å²) >= 11 is 3.29. The van der Waals surface area contributed by atoms with Crippen LogP contribution in [-0.2, 0) is 9.53 Å². The van der Waals surface area contributed by atoms with E-state index in [0.29, 0.717) is 5.69 Å². The Hall–Kier alpha value is -2.74. The van der Waals surface area contributed by atoms with E-state index in [1.165, 1.54) is 31.2 Å². The number of nitrogens with one attached hydrogen (secondary N) is 1. The zero-order valence-corrected chi connectivity index (χ0v) is 14.1. The van der Waals surface area contributed by atoms with Gasteiger partial charge in [-0.25, -0.2) is 4.79 Å². The maximum absolute atomic E-state index is 12.0. The second-order valence-corrected chi connectivity index (χ2v) is 5.76. The molecule has 0 radical (unpaired) electrons. The van der Waals surface area contributed by atoms with E-state index in [0.717, 1.165) is 4.47 Å². The molecule has 8 heteroatoms. The molecular formula is C16H13BrN2O5. The van der Waals surface area contributed by atoms with Gasteiger partial charge in [0.2, 0.25) is 0 Å². The van der Waals surface area contributed by atoms with Crippen molar-refractivity contribution in [3.8, 4) is 0 Å². The maximum atomic E-state index is 12.0. The number of benzene rings is 2. The van der Waals surface area contributed by atoms with Gasteiger partial charge < -0.3 is 10.1 Å². The highest BCUT2D eigenvalue weighted by Gasteiger charge is 2.19. The molecule has 0 heterocycles. The van der Waals surface area contributed by atoms with Gasteiger partial charge in [0.05, 0.1) is 10.5 Å². The molecule has 0 aromatic heterocycles. The van der Waals surface area contributed by atoms with Gasteiger partial charge in [-0.15, -0.1) is 0 Å². The van der Waals surface area contributed by atoms with E-state index in [2.05, 4.69) is 21.2 Å². The quantitative estimate of drug-likeness (QED) is 0.476. The third kappa shape index (κ3) is 4.63. The minimum atomic E-state index is -1.02. The summed E-state index contributed by atoms with van der Waals surface area (Å²) in [5, 5.41) is 13.2. The van der Waals surface area contributed by atoms with Crippen LogP contribution < -0.4 is 5.32 Å². The van der Waals surface area contributed by atoms with Crippen LogP contribution in [0, 0.1) is 10.1 Å². The summed E-state index contributed by atoms with van der Waals surface area (Å²) in [7, 11) is 0. The average Bonchev–Trinajstić information content (AvgIpc) is 2.56. The molecular weight excluding hydrogens is 380 g/mol. The van der Waals surface area contributed by atoms with Gasteiger partial charge in [-0.05, 0) is 43.3 Å². The zero-order valence-electron chi connectivity index (χ0n) is 12.6. The Bertz CT molecular complexity index is 759. The van der Waals surface area contributed by atoms with E-state index in [1.807, 2.05) is 0 Å². The lowest BCUT2D eigenvalue weighted by Crippen LogP contribution is -2.29. The smallest absolute Gasteiger partial charge is 0.338 e. The lowest BCUT2D eigenvalue weighted by molar-refractivity contribution is -0.384. The Kier molecular flexibility index (Phi) is 5.64. The number of hydrogen-bond acceptors (Lipinski definition) is 5. The molecule has 2 aromatic rings. The third-order valence-corrected chi connectivity index (χ3v) is 3.61. The molecule has 2 aromatic carbocycles. The van der Waals surface area contributed by atoms with Gasteiger partial charge in [-0.2, -0.15) is 0 Å². The Morgan fingerprint density at radius 2 is 1.71 bits per heavy atom. The zero-order chi connectivity index (χ0) is 17.7. The minimum absolute atomic E-state index is 0.129. The molecule has 124 valence electrons. The van der Waals surface area contributed by atoms with Crippen LogP contribution in [0.1, 0.15) is 17.3 Å². The summed E-state index contributed by atoms with van der Waals surface area (Å²) in [4.78, 5) is 34.0. The first-order valence-electron chi connectivity index (χ1n) is 6.88. The molecule has 2 rings (SSSR count). The monoisotopic (exact) mass is 392 g/mol. The van der Waals surface area contributed by atoms with Crippen molar-refractivity contribution in [1.82, 2.24) is 0 Å². The first-order valence-corrected chi connectivity index (χ1v) is 7.68. The Balaban J connectivity index is 1.96. The van der Waals surface area contributed by atoms with Crippen LogP contribution in [0.5, 0.6) is 0 Å². The molecule has 24 heavy (non-hydrogen) atoms. The van der Waals surface area contributed by atoms with Crippen molar-refractivity contribution < 1.29 is 19.2 Å². The second kappa shape index (κ2) is 7.69. The topological polar surface area (TPSA) is 98.5 Å². The van der Waals surface area contributed by atoms with Gasteiger partial charge in [-0.1, -0.05) is 15.9 Å². The van der Waals surface area contributed by atoms with Crippen molar-refractivity contribution >= 4 is 39.2 Å². The molecule has 0 spiro atoms. The number of anilines is 1. The highest BCUT2D eigenvalue weighted by molar-refractivity contribution is 9.10.